The largest absolute Gasteiger partial charge is 0.326 e. The van der Waals surface area contributed by atoms with Gasteiger partial charge in [-0.2, -0.15) is 5.10 Å². The van der Waals surface area contributed by atoms with Crippen LogP contribution in [0.4, 0.5) is 0 Å². The first-order valence-electron chi connectivity index (χ1n) is 5.68. The van der Waals surface area contributed by atoms with Crippen LogP contribution in [-0.4, -0.2) is 14.8 Å². The van der Waals surface area contributed by atoms with Crippen LogP contribution in [-0.2, 0) is 6.54 Å². The van der Waals surface area contributed by atoms with Gasteiger partial charge in [0.15, 0.2) is 5.82 Å². The summed E-state index contributed by atoms with van der Waals surface area (Å²) in [5.74, 6) is 1.42. The summed E-state index contributed by atoms with van der Waals surface area (Å²) in [4.78, 5) is 4.26. The Kier molecular flexibility index (Phi) is 2.61. The molecule has 0 atom stereocenters. The molecule has 0 unspecified atom stereocenters. The number of aromatic nitrogens is 3. The smallest absolute Gasteiger partial charge is 0.153 e. The molecule has 0 aliphatic heterocycles. The van der Waals surface area contributed by atoms with Crippen LogP contribution in [0.15, 0.2) is 24.5 Å². The summed E-state index contributed by atoms with van der Waals surface area (Å²) in [6.45, 7) is 0.408. The van der Waals surface area contributed by atoms with Crippen molar-refractivity contribution in [2.24, 2.45) is 5.73 Å². The fourth-order valence-electron chi connectivity index (χ4n) is 1.81. The van der Waals surface area contributed by atoms with E-state index < -0.39 is 0 Å². The number of nitrogens with two attached hydrogens (primary N) is 1. The lowest BCUT2D eigenvalue weighted by Crippen LogP contribution is -2.03. The SMILES string of the molecule is NCc1cc(-n2ccc(C3CC3)n2)ncc1Cl. The molecule has 1 aliphatic rings. The summed E-state index contributed by atoms with van der Waals surface area (Å²) >= 11 is 5.98. The Labute approximate surface area is 104 Å². The van der Waals surface area contributed by atoms with Gasteiger partial charge in [0.2, 0.25) is 0 Å². The highest BCUT2D eigenvalue weighted by Crippen LogP contribution is 2.39. The molecule has 1 aliphatic carbocycles. The van der Waals surface area contributed by atoms with E-state index >= 15 is 0 Å². The number of hydrogen-bond donors (Lipinski definition) is 1. The first-order chi connectivity index (χ1) is 8.28. The van der Waals surface area contributed by atoms with Crippen molar-refractivity contribution in [3.63, 3.8) is 0 Å². The molecular formula is C12H13ClN4. The van der Waals surface area contributed by atoms with E-state index in [2.05, 4.69) is 16.1 Å². The Balaban J connectivity index is 1.96. The molecular weight excluding hydrogens is 236 g/mol. The monoisotopic (exact) mass is 248 g/mol. The quantitative estimate of drug-likeness (QED) is 0.907. The normalized spacial score (nSPS) is 15.2. The minimum Gasteiger partial charge on any atom is -0.326 e. The van der Waals surface area contributed by atoms with E-state index in [1.54, 1.807) is 10.9 Å². The summed E-state index contributed by atoms with van der Waals surface area (Å²) in [6, 6.07) is 3.93. The maximum atomic E-state index is 5.98. The maximum absolute atomic E-state index is 5.98. The predicted molar refractivity (Wildman–Crippen MR) is 66.2 cm³/mol. The summed E-state index contributed by atoms with van der Waals surface area (Å²) < 4.78 is 1.78. The van der Waals surface area contributed by atoms with Crippen LogP contribution in [0.3, 0.4) is 0 Å². The average molecular weight is 249 g/mol. The molecule has 17 heavy (non-hydrogen) atoms. The lowest BCUT2D eigenvalue weighted by Gasteiger charge is -2.04. The number of pyridine rings is 1. The van der Waals surface area contributed by atoms with Crippen molar-refractivity contribution >= 4 is 11.6 Å². The molecule has 2 heterocycles. The van der Waals surface area contributed by atoms with Gasteiger partial charge in [-0.3, -0.25) is 0 Å². The second-order valence-electron chi connectivity index (χ2n) is 4.30. The van der Waals surface area contributed by atoms with Gasteiger partial charge < -0.3 is 5.73 Å². The van der Waals surface area contributed by atoms with Crippen LogP contribution >= 0.6 is 11.6 Å². The Morgan fingerprint density at radius 2 is 2.29 bits per heavy atom. The third-order valence-electron chi connectivity index (χ3n) is 2.98. The molecule has 0 bridgehead atoms. The van der Waals surface area contributed by atoms with E-state index in [0.29, 0.717) is 17.5 Å². The van der Waals surface area contributed by atoms with E-state index in [1.165, 1.54) is 12.8 Å². The first-order valence-corrected chi connectivity index (χ1v) is 6.06. The zero-order valence-corrected chi connectivity index (χ0v) is 10.1. The van der Waals surface area contributed by atoms with Crippen LogP contribution in [0.1, 0.15) is 30.0 Å². The van der Waals surface area contributed by atoms with Crippen molar-refractivity contribution in [2.45, 2.75) is 25.3 Å². The van der Waals surface area contributed by atoms with Crippen molar-refractivity contribution < 1.29 is 0 Å². The maximum Gasteiger partial charge on any atom is 0.153 e. The number of halogens is 1. The second kappa shape index (κ2) is 4.13. The molecule has 0 amide bonds. The van der Waals surface area contributed by atoms with Crippen LogP contribution in [0, 0.1) is 0 Å². The molecule has 0 spiro atoms. The third kappa shape index (κ3) is 2.06. The molecule has 0 aromatic carbocycles. The molecule has 0 saturated heterocycles. The number of hydrogen-bond acceptors (Lipinski definition) is 3. The molecule has 2 aromatic heterocycles. The van der Waals surface area contributed by atoms with Gasteiger partial charge in [0.25, 0.3) is 0 Å². The molecule has 2 N–H and O–H groups in total. The molecule has 0 radical (unpaired) electrons. The van der Waals surface area contributed by atoms with E-state index in [9.17, 15) is 0 Å². The predicted octanol–water partition coefficient (Wildman–Crippen LogP) is 2.26. The van der Waals surface area contributed by atoms with Gasteiger partial charge in [0.1, 0.15) is 0 Å². The van der Waals surface area contributed by atoms with Gasteiger partial charge in [0, 0.05) is 24.9 Å². The Morgan fingerprint density at radius 1 is 1.47 bits per heavy atom. The van der Waals surface area contributed by atoms with E-state index in [1.807, 2.05) is 12.3 Å². The molecule has 1 saturated carbocycles. The minimum absolute atomic E-state index is 0.408. The third-order valence-corrected chi connectivity index (χ3v) is 3.32. The fourth-order valence-corrected chi connectivity index (χ4v) is 1.99. The van der Waals surface area contributed by atoms with Crippen LogP contribution in [0.5, 0.6) is 0 Å². The summed E-state index contributed by atoms with van der Waals surface area (Å²) in [6.07, 6.45) is 6.06. The molecule has 5 heteroatoms. The van der Waals surface area contributed by atoms with Gasteiger partial charge in [-0.15, -0.1) is 0 Å². The highest BCUT2D eigenvalue weighted by molar-refractivity contribution is 6.31. The fraction of sp³-hybridized carbons (Fsp3) is 0.333. The topological polar surface area (TPSA) is 56.7 Å². The zero-order chi connectivity index (χ0) is 11.8. The molecule has 2 aromatic rings. The van der Waals surface area contributed by atoms with Crippen molar-refractivity contribution in [2.75, 3.05) is 0 Å². The van der Waals surface area contributed by atoms with Gasteiger partial charge in [-0.05, 0) is 30.5 Å². The Hall–Kier alpha value is -1.39. The highest BCUT2D eigenvalue weighted by atomic mass is 35.5. The zero-order valence-electron chi connectivity index (χ0n) is 9.31. The van der Waals surface area contributed by atoms with Gasteiger partial charge >= 0.3 is 0 Å². The van der Waals surface area contributed by atoms with Crippen molar-refractivity contribution in [3.05, 3.63) is 40.8 Å². The van der Waals surface area contributed by atoms with Crippen molar-refractivity contribution in [1.29, 1.82) is 0 Å². The average Bonchev–Trinajstić information content (AvgIpc) is 3.08. The van der Waals surface area contributed by atoms with E-state index in [4.69, 9.17) is 17.3 Å². The minimum atomic E-state index is 0.408. The molecule has 4 nitrogen and oxygen atoms in total. The van der Waals surface area contributed by atoms with Gasteiger partial charge in [-0.1, -0.05) is 11.6 Å². The summed E-state index contributed by atoms with van der Waals surface area (Å²) in [7, 11) is 0. The Bertz CT molecular complexity index is 545. The van der Waals surface area contributed by atoms with Gasteiger partial charge in [-0.25, -0.2) is 9.67 Å². The highest BCUT2D eigenvalue weighted by Gasteiger charge is 2.25. The number of nitrogens with zero attached hydrogens (tertiary/aromatic N) is 3. The standard InChI is InChI=1S/C12H13ClN4/c13-10-7-15-12(5-9(10)6-14)17-4-3-11(16-17)8-1-2-8/h3-5,7-8H,1-2,6,14H2. The first kappa shape index (κ1) is 10.7. The van der Waals surface area contributed by atoms with Crippen molar-refractivity contribution in [1.82, 2.24) is 14.8 Å². The van der Waals surface area contributed by atoms with Crippen LogP contribution in [0.2, 0.25) is 5.02 Å². The van der Waals surface area contributed by atoms with Crippen molar-refractivity contribution in [3.8, 4) is 5.82 Å². The van der Waals surface area contributed by atoms with Crippen LogP contribution < -0.4 is 5.73 Å². The van der Waals surface area contributed by atoms with E-state index in [0.717, 1.165) is 17.1 Å². The van der Waals surface area contributed by atoms with Gasteiger partial charge in [0.05, 0.1) is 10.7 Å². The Morgan fingerprint density at radius 3 is 3.00 bits per heavy atom. The van der Waals surface area contributed by atoms with E-state index in [-0.39, 0.29) is 0 Å². The van der Waals surface area contributed by atoms with Crippen LogP contribution in [0.25, 0.3) is 5.82 Å². The second-order valence-corrected chi connectivity index (χ2v) is 4.70. The number of rotatable bonds is 3. The molecule has 3 rings (SSSR count). The lowest BCUT2D eigenvalue weighted by atomic mass is 10.2. The lowest BCUT2D eigenvalue weighted by molar-refractivity contribution is 0.809. The summed E-state index contributed by atoms with van der Waals surface area (Å²) in [5, 5.41) is 5.12. The molecule has 1 fully saturated rings. The summed E-state index contributed by atoms with van der Waals surface area (Å²) in [5.41, 5.74) is 7.66. The molecule has 88 valence electrons.